The second-order valence-electron chi connectivity index (χ2n) is 4.81. The van der Waals surface area contributed by atoms with Crippen LogP contribution in [0, 0.1) is 0 Å². The molecule has 1 amide bonds. The van der Waals surface area contributed by atoms with Crippen molar-refractivity contribution in [2.45, 2.75) is 0 Å². The smallest absolute Gasteiger partial charge is 0.269 e. The topological polar surface area (TPSA) is 61.4 Å². The summed E-state index contributed by atoms with van der Waals surface area (Å²) in [5, 5.41) is 16.8. The molecule has 3 aromatic rings. The van der Waals surface area contributed by atoms with Crippen LogP contribution < -0.4 is 10.6 Å². The van der Waals surface area contributed by atoms with E-state index in [0.717, 1.165) is 10.1 Å². The third-order valence-electron chi connectivity index (χ3n) is 3.18. The molecule has 1 aromatic heterocycles. The Morgan fingerprint density at radius 2 is 1.92 bits per heavy atom. The highest BCUT2D eigenvalue weighted by Crippen LogP contribution is 2.36. The summed E-state index contributed by atoms with van der Waals surface area (Å²) in [4.78, 5) is 12.7. The molecule has 0 aliphatic rings. The van der Waals surface area contributed by atoms with E-state index in [2.05, 4.69) is 10.6 Å². The number of anilines is 1. The molecule has 8 heteroatoms. The van der Waals surface area contributed by atoms with Crippen LogP contribution in [-0.4, -0.2) is 16.1 Å². The molecule has 3 N–H and O–H groups in total. The molecule has 0 spiro atoms. The first-order valence-electron chi connectivity index (χ1n) is 6.73. The predicted molar refractivity (Wildman–Crippen MR) is 104 cm³/mol. The molecule has 0 saturated carbocycles. The van der Waals surface area contributed by atoms with Crippen LogP contribution in [-0.2, 0) is 0 Å². The van der Waals surface area contributed by atoms with Gasteiger partial charge in [0.25, 0.3) is 5.91 Å². The number of phenolic OH excluding ortho intramolecular Hbond substituents is 1. The Morgan fingerprint density at radius 3 is 2.67 bits per heavy atom. The number of aromatic hydroxyl groups is 1. The molecule has 3 rings (SSSR count). The summed E-state index contributed by atoms with van der Waals surface area (Å²) >= 11 is 18.6. The zero-order chi connectivity index (χ0) is 17.3. The molecule has 0 fully saturated rings. The van der Waals surface area contributed by atoms with Gasteiger partial charge in [-0.05, 0) is 36.5 Å². The van der Waals surface area contributed by atoms with E-state index < -0.39 is 5.91 Å². The van der Waals surface area contributed by atoms with E-state index in [-0.39, 0.29) is 10.9 Å². The number of fused-ring (bicyclic) bond motifs is 1. The second kappa shape index (κ2) is 6.94. The maximum atomic E-state index is 12.4. The number of carbonyl (C=O) groups excluding carboxylic acids is 1. The minimum Gasteiger partial charge on any atom is -0.506 e. The Balaban J connectivity index is 1.79. The Morgan fingerprint density at radius 1 is 1.17 bits per heavy atom. The standard InChI is InChI=1S/C16H10Cl2N2O2S2/c17-8-5-6-9-12(7-8)24-14(13(9)18)15(22)20-16(23)19-10-3-1-2-4-11(10)21/h1-7,21H,(H2,19,20,22,23). The number of nitrogens with one attached hydrogen (secondary N) is 2. The molecule has 0 aliphatic heterocycles. The number of hydrogen-bond acceptors (Lipinski definition) is 4. The van der Waals surface area contributed by atoms with Crippen molar-refractivity contribution in [2.24, 2.45) is 0 Å². The lowest BCUT2D eigenvalue weighted by molar-refractivity contribution is 0.0982. The molecule has 0 atom stereocenters. The highest BCUT2D eigenvalue weighted by Gasteiger charge is 2.18. The minimum absolute atomic E-state index is 0.0311. The number of hydrogen-bond donors (Lipinski definition) is 3. The maximum absolute atomic E-state index is 12.4. The summed E-state index contributed by atoms with van der Waals surface area (Å²) in [6, 6.07) is 11.8. The first-order valence-corrected chi connectivity index (χ1v) is 8.71. The van der Waals surface area contributed by atoms with Gasteiger partial charge in [-0.15, -0.1) is 11.3 Å². The summed E-state index contributed by atoms with van der Waals surface area (Å²) in [6.45, 7) is 0. The van der Waals surface area contributed by atoms with E-state index in [1.165, 1.54) is 17.4 Å². The van der Waals surface area contributed by atoms with Crippen LogP contribution in [0.3, 0.4) is 0 Å². The number of para-hydroxylation sites is 2. The van der Waals surface area contributed by atoms with Crippen LogP contribution in [0.25, 0.3) is 10.1 Å². The normalized spacial score (nSPS) is 10.6. The third kappa shape index (κ3) is 3.47. The van der Waals surface area contributed by atoms with Gasteiger partial charge >= 0.3 is 0 Å². The largest absolute Gasteiger partial charge is 0.506 e. The van der Waals surface area contributed by atoms with Gasteiger partial charge in [0, 0.05) is 15.1 Å². The van der Waals surface area contributed by atoms with Crippen LogP contribution in [0.2, 0.25) is 10.0 Å². The number of phenols is 1. The molecule has 2 aromatic carbocycles. The molecular weight excluding hydrogens is 387 g/mol. The monoisotopic (exact) mass is 396 g/mol. The number of amides is 1. The highest BCUT2D eigenvalue weighted by molar-refractivity contribution is 7.80. The average molecular weight is 397 g/mol. The summed E-state index contributed by atoms with van der Waals surface area (Å²) < 4.78 is 0.817. The summed E-state index contributed by atoms with van der Waals surface area (Å²) in [6.07, 6.45) is 0. The molecule has 0 saturated heterocycles. The van der Waals surface area contributed by atoms with Crippen molar-refractivity contribution in [2.75, 3.05) is 5.32 Å². The van der Waals surface area contributed by atoms with E-state index in [0.29, 0.717) is 20.6 Å². The Kier molecular flexibility index (Phi) is 4.91. The van der Waals surface area contributed by atoms with Crippen molar-refractivity contribution in [3.05, 3.63) is 57.4 Å². The van der Waals surface area contributed by atoms with Crippen molar-refractivity contribution < 1.29 is 9.90 Å². The van der Waals surface area contributed by atoms with E-state index >= 15 is 0 Å². The van der Waals surface area contributed by atoms with Gasteiger partial charge < -0.3 is 10.4 Å². The zero-order valence-corrected chi connectivity index (χ0v) is 15.1. The first-order chi connectivity index (χ1) is 11.5. The van der Waals surface area contributed by atoms with Crippen molar-refractivity contribution in [1.29, 1.82) is 0 Å². The molecule has 0 bridgehead atoms. The molecule has 0 radical (unpaired) electrons. The fraction of sp³-hybridized carbons (Fsp3) is 0. The number of rotatable bonds is 2. The van der Waals surface area contributed by atoms with Crippen LogP contribution in [0.4, 0.5) is 5.69 Å². The predicted octanol–water partition coefficient (Wildman–Crippen LogP) is 5.04. The van der Waals surface area contributed by atoms with Crippen molar-refractivity contribution in [1.82, 2.24) is 5.32 Å². The fourth-order valence-corrected chi connectivity index (χ4v) is 3.97. The van der Waals surface area contributed by atoms with Crippen LogP contribution in [0.1, 0.15) is 9.67 Å². The average Bonchev–Trinajstić information content (AvgIpc) is 2.86. The van der Waals surface area contributed by atoms with Crippen LogP contribution in [0.5, 0.6) is 5.75 Å². The number of thiocarbonyl (C=S) groups is 1. The second-order valence-corrected chi connectivity index (χ2v) is 7.09. The van der Waals surface area contributed by atoms with Crippen molar-refractivity contribution >= 4 is 73.5 Å². The SMILES string of the molecule is O=C(NC(=S)Nc1ccccc1O)c1sc2cc(Cl)ccc2c1Cl. The third-order valence-corrected chi connectivity index (χ3v) is 5.27. The molecule has 1 heterocycles. The Bertz CT molecular complexity index is 956. The van der Waals surface area contributed by atoms with Crippen LogP contribution in [0.15, 0.2) is 42.5 Å². The van der Waals surface area contributed by atoms with E-state index in [4.69, 9.17) is 35.4 Å². The van der Waals surface area contributed by atoms with Gasteiger partial charge in [-0.3, -0.25) is 10.1 Å². The minimum atomic E-state index is -0.426. The summed E-state index contributed by atoms with van der Waals surface area (Å²) in [5.74, 6) is -0.395. The number of halogens is 2. The lowest BCUT2D eigenvalue weighted by atomic mass is 10.2. The molecule has 0 unspecified atom stereocenters. The highest BCUT2D eigenvalue weighted by atomic mass is 35.5. The van der Waals surface area contributed by atoms with E-state index in [1.54, 1.807) is 36.4 Å². The van der Waals surface area contributed by atoms with Crippen molar-refractivity contribution in [3.8, 4) is 5.75 Å². The van der Waals surface area contributed by atoms with Gasteiger partial charge in [0.2, 0.25) is 0 Å². The van der Waals surface area contributed by atoms with Gasteiger partial charge in [0.1, 0.15) is 10.6 Å². The molecule has 0 aliphatic carbocycles. The van der Waals surface area contributed by atoms with E-state index in [1.807, 2.05) is 0 Å². The van der Waals surface area contributed by atoms with Crippen molar-refractivity contribution in [3.63, 3.8) is 0 Å². The quantitative estimate of drug-likeness (QED) is 0.419. The zero-order valence-electron chi connectivity index (χ0n) is 12.0. The summed E-state index contributed by atoms with van der Waals surface area (Å²) in [7, 11) is 0. The summed E-state index contributed by atoms with van der Waals surface area (Å²) in [5.41, 5.74) is 0.400. The molecule has 24 heavy (non-hydrogen) atoms. The molecular formula is C16H10Cl2N2O2S2. The van der Waals surface area contributed by atoms with Gasteiger partial charge in [-0.25, -0.2) is 0 Å². The Hall–Kier alpha value is -1.86. The van der Waals surface area contributed by atoms with Crippen LogP contribution >= 0.6 is 46.8 Å². The fourth-order valence-electron chi connectivity index (χ4n) is 2.08. The Labute approximate surface area is 157 Å². The van der Waals surface area contributed by atoms with Gasteiger partial charge in [-0.2, -0.15) is 0 Å². The number of benzene rings is 2. The molecule has 4 nitrogen and oxygen atoms in total. The van der Waals surface area contributed by atoms with E-state index in [9.17, 15) is 9.90 Å². The van der Waals surface area contributed by atoms with Gasteiger partial charge in [0.05, 0.1) is 10.7 Å². The lowest BCUT2D eigenvalue weighted by Crippen LogP contribution is -2.33. The first kappa shape index (κ1) is 17.0. The van der Waals surface area contributed by atoms with Gasteiger partial charge in [-0.1, -0.05) is 41.4 Å². The number of carbonyl (C=O) groups is 1. The maximum Gasteiger partial charge on any atom is 0.269 e. The lowest BCUT2D eigenvalue weighted by Gasteiger charge is -2.10. The number of thiophene rings is 1. The van der Waals surface area contributed by atoms with Gasteiger partial charge in [0.15, 0.2) is 5.11 Å². The molecule has 122 valence electrons.